The van der Waals surface area contributed by atoms with Crippen molar-refractivity contribution in [2.75, 3.05) is 0 Å². The number of hydrogen-bond donors (Lipinski definition) is 0. The summed E-state index contributed by atoms with van der Waals surface area (Å²) in [6.07, 6.45) is 4.37. The van der Waals surface area contributed by atoms with Crippen molar-refractivity contribution in [1.82, 2.24) is 0 Å². The predicted molar refractivity (Wildman–Crippen MR) is 250 cm³/mol. The third-order valence-corrected chi connectivity index (χ3v) is 15.5. The van der Waals surface area contributed by atoms with Gasteiger partial charge in [-0.25, -0.2) is 0 Å². The Bertz CT molecular complexity index is 2420. The summed E-state index contributed by atoms with van der Waals surface area (Å²) in [4.78, 5) is 0. The topological polar surface area (TPSA) is 0 Å². The lowest BCUT2D eigenvalue weighted by atomic mass is 9.48. The minimum absolute atomic E-state index is 0.0199. The van der Waals surface area contributed by atoms with Crippen molar-refractivity contribution in [1.29, 1.82) is 0 Å². The summed E-state index contributed by atoms with van der Waals surface area (Å²) in [5.74, 6) is 0. The largest absolute Gasteiger partial charge is 0.0619 e. The van der Waals surface area contributed by atoms with Gasteiger partial charge in [-0.15, -0.1) is 0 Å². The molecule has 0 saturated heterocycles. The van der Waals surface area contributed by atoms with Crippen LogP contribution in [0.1, 0.15) is 176 Å². The van der Waals surface area contributed by atoms with Crippen LogP contribution in [0.4, 0.5) is 0 Å². The highest BCUT2D eigenvalue weighted by atomic mass is 14.6. The van der Waals surface area contributed by atoms with Gasteiger partial charge < -0.3 is 0 Å². The molecule has 0 radical (unpaired) electrons. The predicted octanol–water partition coefficient (Wildman–Crippen LogP) is 15.4. The van der Waals surface area contributed by atoms with Crippen molar-refractivity contribution in [3.05, 3.63) is 188 Å². The van der Waals surface area contributed by atoms with Crippen molar-refractivity contribution in [2.45, 2.75) is 147 Å². The van der Waals surface area contributed by atoms with Gasteiger partial charge in [-0.1, -0.05) is 204 Å². The third-order valence-electron chi connectivity index (χ3n) is 15.5. The van der Waals surface area contributed by atoms with E-state index in [1.54, 1.807) is 22.3 Å². The fourth-order valence-electron chi connectivity index (χ4n) is 12.8. The van der Waals surface area contributed by atoms with Crippen LogP contribution in [0.5, 0.6) is 0 Å². The first-order valence-electron chi connectivity index (χ1n) is 22.5. The molecule has 0 heteroatoms. The molecule has 0 aliphatic heterocycles. The first kappa shape index (κ1) is 38.5. The minimum atomic E-state index is -0.218. The van der Waals surface area contributed by atoms with Crippen molar-refractivity contribution in [3.63, 3.8) is 0 Å². The van der Waals surface area contributed by atoms with E-state index in [0.717, 1.165) is 25.7 Å². The normalized spacial score (nSPS) is 19.6. The molecule has 0 nitrogen and oxygen atoms in total. The Morgan fingerprint density at radius 2 is 0.525 bits per heavy atom. The summed E-state index contributed by atoms with van der Waals surface area (Å²) in [6, 6.07) is 48.6. The van der Waals surface area contributed by atoms with Gasteiger partial charge in [0.25, 0.3) is 0 Å². The lowest BCUT2D eigenvalue weighted by Crippen LogP contribution is -2.48. The van der Waals surface area contributed by atoms with Crippen molar-refractivity contribution >= 4 is 0 Å². The molecule has 0 N–H and O–H groups in total. The zero-order chi connectivity index (χ0) is 41.7. The number of hydrogen-bond acceptors (Lipinski definition) is 0. The Kier molecular flexibility index (Phi) is 7.97. The Morgan fingerprint density at radius 1 is 0.288 bits per heavy atom. The van der Waals surface area contributed by atoms with Crippen LogP contribution >= 0.6 is 0 Å². The average molecular weight is 773 g/mol. The molecule has 0 fully saturated rings. The lowest BCUT2D eigenvalue weighted by Gasteiger charge is -2.55. The van der Waals surface area contributed by atoms with Crippen molar-refractivity contribution in [3.8, 4) is 22.3 Å². The van der Waals surface area contributed by atoms with Crippen molar-refractivity contribution < 1.29 is 0 Å². The standard InChI is InChI=1S/C59H64/c1-53(2,3)45-33-49-51(35-47(45)55(7,8)9)58(41-25-17-13-21-37(41)38-22-14-18-26-42(38)58)31-29-57(49)30-32-59(43-27-19-15-23-39(43)40-24-16-20-28-44(40)59)52-36-48(56(10,11)12)46(34-50(52)57)54(4,5)6/h13-28,33-36H,29-32H2,1-12H3. The van der Waals surface area contributed by atoms with Crippen LogP contribution < -0.4 is 0 Å². The van der Waals surface area contributed by atoms with Crippen LogP contribution in [0, 0.1) is 0 Å². The molecule has 0 saturated carbocycles. The Labute approximate surface area is 355 Å². The second-order valence-corrected chi connectivity index (χ2v) is 23.0. The van der Waals surface area contributed by atoms with E-state index in [9.17, 15) is 0 Å². The Balaban J connectivity index is 1.38. The summed E-state index contributed by atoms with van der Waals surface area (Å²) in [7, 11) is 0. The van der Waals surface area contributed by atoms with E-state index in [0.29, 0.717) is 0 Å². The highest BCUT2D eigenvalue weighted by Crippen LogP contribution is 2.68. The van der Waals surface area contributed by atoms with Crippen LogP contribution in [0.25, 0.3) is 22.3 Å². The SMILES string of the molecule is CC(C)(C)c1cc2c(cc1C(C)(C)C)C1(CCC23CCC2(c4ccccc4-c4ccccc42)c2cc(C(C)(C)C)c(C(C)(C)C)cc23)c2ccccc2-c2ccccc21. The average Bonchev–Trinajstić information content (AvgIpc) is 3.63. The van der Waals surface area contributed by atoms with Crippen LogP contribution in [-0.2, 0) is 37.9 Å². The molecule has 4 aliphatic carbocycles. The van der Waals surface area contributed by atoms with Crippen molar-refractivity contribution in [2.24, 2.45) is 0 Å². The summed E-state index contributed by atoms with van der Waals surface area (Å²) in [6.45, 7) is 29.3. The monoisotopic (exact) mass is 773 g/mol. The molecule has 6 aromatic carbocycles. The molecule has 0 aromatic heterocycles. The van der Waals surface area contributed by atoms with E-state index in [1.165, 1.54) is 66.8 Å². The van der Waals surface area contributed by atoms with Gasteiger partial charge in [-0.3, -0.25) is 0 Å². The van der Waals surface area contributed by atoms with Gasteiger partial charge in [-0.05, 0) is 136 Å². The van der Waals surface area contributed by atoms with Gasteiger partial charge in [0.2, 0.25) is 0 Å². The van der Waals surface area contributed by atoms with Gasteiger partial charge >= 0.3 is 0 Å². The maximum absolute atomic E-state index is 2.77. The second kappa shape index (κ2) is 12.2. The van der Waals surface area contributed by atoms with Crippen LogP contribution in [0.15, 0.2) is 121 Å². The van der Waals surface area contributed by atoms with E-state index in [1.807, 2.05) is 0 Å². The molecular formula is C59H64. The van der Waals surface area contributed by atoms with Gasteiger partial charge in [-0.2, -0.15) is 0 Å². The molecule has 0 bridgehead atoms. The maximum Gasteiger partial charge on any atom is 0.0467 e. The molecule has 4 aliphatic rings. The fraction of sp³-hybridized carbons (Fsp3) is 0.390. The quantitative estimate of drug-likeness (QED) is 0.144. The molecule has 0 heterocycles. The van der Waals surface area contributed by atoms with E-state index in [-0.39, 0.29) is 37.9 Å². The number of rotatable bonds is 0. The summed E-state index contributed by atoms with van der Waals surface area (Å²) < 4.78 is 0. The number of fused-ring (bicyclic) bond motifs is 16. The molecule has 3 spiro atoms. The molecule has 59 heavy (non-hydrogen) atoms. The van der Waals surface area contributed by atoms with Gasteiger partial charge in [0.15, 0.2) is 0 Å². The van der Waals surface area contributed by atoms with E-state index in [4.69, 9.17) is 0 Å². The molecule has 0 atom stereocenters. The second-order valence-electron chi connectivity index (χ2n) is 23.0. The molecule has 300 valence electrons. The van der Waals surface area contributed by atoms with E-state index in [2.05, 4.69) is 204 Å². The van der Waals surface area contributed by atoms with Gasteiger partial charge in [0.1, 0.15) is 0 Å². The number of benzene rings is 6. The summed E-state index contributed by atoms with van der Waals surface area (Å²) >= 11 is 0. The minimum Gasteiger partial charge on any atom is -0.0619 e. The van der Waals surface area contributed by atoms with Crippen LogP contribution in [0.2, 0.25) is 0 Å². The van der Waals surface area contributed by atoms with E-state index >= 15 is 0 Å². The maximum atomic E-state index is 2.77. The van der Waals surface area contributed by atoms with Crippen LogP contribution in [0.3, 0.4) is 0 Å². The molecule has 0 unspecified atom stereocenters. The van der Waals surface area contributed by atoms with Gasteiger partial charge in [0.05, 0.1) is 0 Å². The smallest absolute Gasteiger partial charge is 0.0467 e. The summed E-state index contributed by atoms with van der Waals surface area (Å²) in [5.41, 5.74) is 23.2. The fourth-order valence-corrected chi connectivity index (χ4v) is 12.8. The lowest BCUT2D eigenvalue weighted by molar-refractivity contribution is 0.297. The Hall–Kier alpha value is -4.68. The molecule has 6 aromatic rings. The van der Waals surface area contributed by atoms with Gasteiger partial charge in [0, 0.05) is 16.2 Å². The molecule has 10 rings (SSSR count). The molecular weight excluding hydrogens is 709 g/mol. The highest BCUT2D eigenvalue weighted by molar-refractivity contribution is 5.87. The first-order chi connectivity index (χ1) is 27.7. The summed E-state index contributed by atoms with van der Waals surface area (Å²) in [5, 5.41) is 0. The zero-order valence-electron chi connectivity index (χ0n) is 37.9. The third kappa shape index (κ3) is 5.14. The zero-order valence-corrected chi connectivity index (χ0v) is 37.9. The van der Waals surface area contributed by atoms with E-state index < -0.39 is 0 Å². The Morgan fingerprint density at radius 3 is 0.780 bits per heavy atom. The highest BCUT2D eigenvalue weighted by Gasteiger charge is 2.59. The molecule has 0 amide bonds. The van der Waals surface area contributed by atoms with Crippen LogP contribution in [-0.4, -0.2) is 0 Å². The first-order valence-corrected chi connectivity index (χ1v) is 22.5.